The van der Waals surface area contributed by atoms with Crippen LogP contribution in [0.4, 0.5) is 0 Å². The predicted octanol–water partition coefficient (Wildman–Crippen LogP) is 5.71. The molecule has 0 aliphatic carbocycles. The molecular formula is C32H42O6. The van der Waals surface area contributed by atoms with E-state index >= 15 is 0 Å². The van der Waals surface area contributed by atoms with Gasteiger partial charge in [-0.05, 0) is 81.6 Å². The standard InChI is InChI=1S/C32H42O6/c1-3-5-7-29(31-23(17-33)13-27(37)14-24(31)18-34)21-9-11-22(12-10-21)30(8-6-4-2)32-25(19-35)15-28(38)16-26(32)20-36/h9-16,29-30,33-38H,3-8,17-20H2,1-2H3. The third kappa shape index (κ3) is 6.75. The third-order valence-corrected chi connectivity index (χ3v) is 7.48. The highest BCUT2D eigenvalue weighted by atomic mass is 16.3. The van der Waals surface area contributed by atoms with Crippen molar-refractivity contribution in [3.8, 4) is 11.5 Å². The molecule has 3 aromatic carbocycles. The monoisotopic (exact) mass is 522 g/mol. The van der Waals surface area contributed by atoms with Gasteiger partial charge in [0.2, 0.25) is 0 Å². The van der Waals surface area contributed by atoms with Crippen molar-refractivity contribution in [2.45, 2.75) is 90.6 Å². The maximum atomic E-state index is 10.1. The van der Waals surface area contributed by atoms with E-state index in [0.717, 1.165) is 60.8 Å². The molecule has 6 N–H and O–H groups in total. The van der Waals surface area contributed by atoms with Crippen LogP contribution < -0.4 is 0 Å². The minimum atomic E-state index is -0.231. The van der Waals surface area contributed by atoms with Crippen molar-refractivity contribution in [2.75, 3.05) is 0 Å². The molecule has 0 aliphatic rings. The summed E-state index contributed by atoms with van der Waals surface area (Å²) in [5.41, 5.74) is 6.30. The molecule has 0 saturated heterocycles. The molecule has 206 valence electrons. The highest BCUT2D eigenvalue weighted by Crippen LogP contribution is 2.40. The Hall–Kier alpha value is -2.90. The van der Waals surface area contributed by atoms with Gasteiger partial charge in [0.1, 0.15) is 11.5 Å². The highest BCUT2D eigenvalue weighted by Gasteiger charge is 2.24. The summed E-state index contributed by atoms with van der Waals surface area (Å²) < 4.78 is 0. The Morgan fingerprint density at radius 1 is 0.526 bits per heavy atom. The second kappa shape index (κ2) is 14.3. The zero-order valence-corrected chi connectivity index (χ0v) is 22.5. The van der Waals surface area contributed by atoms with E-state index in [-0.39, 0.29) is 49.8 Å². The molecule has 0 fully saturated rings. The first-order valence-corrected chi connectivity index (χ1v) is 13.6. The van der Waals surface area contributed by atoms with Crippen molar-refractivity contribution in [1.29, 1.82) is 0 Å². The normalized spacial score (nSPS) is 13.0. The van der Waals surface area contributed by atoms with E-state index in [4.69, 9.17) is 0 Å². The van der Waals surface area contributed by atoms with Gasteiger partial charge in [0, 0.05) is 11.8 Å². The van der Waals surface area contributed by atoms with E-state index < -0.39 is 0 Å². The number of phenolic OH excluding ortho intramolecular Hbond substituents is 2. The SMILES string of the molecule is CCCCC(c1ccc(C(CCCC)c2c(CO)cc(O)cc2CO)cc1)c1c(CO)cc(O)cc1CO. The van der Waals surface area contributed by atoms with Crippen LogP contribution in [0.2, 0.25) is 0 Å². The van der Waals surface area contributed by atoms with E-state index in [9.17, 15) is 30.6 Å². The molecule has 0 amide bonds. The van der Waals surface area contributed by atoms with Gasteiger partial charge in [-0.3, -0.25) is 0 Å². The van der Waals surface area contributed by atoms with E-state index in [1.165, 1.54) is 0 Å². The van der Waals surface area contributed by atoms with Gasteiger partial charge >= 0.3 is 0 Å². The maximum Gasteiger partial charge on any atom is 0.116 e. The number of phenols is 2. The summed E-state index contributed by atoms with van der Waals surface area (Å²) in [6.45, 7) is 3.34. The van der Waals surface area contributed by atoms with Crippen LogP contribution in [0.5, 0.6) is 11.5 Å². The van der Waals surface area contributed by atoms with Crippen LogP contribution in [0.25, 0.3) is 0 Å². The molecule has 2 atom stereocenters. The molecule has 6 heteroatoms. The average molecular weight is 523 g/mol. The Labute approximate surface area is 225 Å². The zero-order chi connectivity index (χ0) is 27.7. The molecule has 0 aromatic heterocycles. The molecule has 6 nitrogen and oxygen atoms in total. The number of benzene rings is 3. The fourth-order valence-electron chi connectivity index (χ4n) is 5.67. The quantitative estimate of drug-likeness (QED) is 0.161. The van der Waals surface area contributed by atoms with Crippen LogP contribution in [0, 0.1) is 0 Å². The van der Waals surface area contributed by atoms with Gasteiger partial charge in [0.25, 0.3) is 0 Å². The fraction of sp³-hybridized carbons (Fsp3) is 0.438. The second-order valence-electron chi connectivity index (χ2n) is 10.0. The first-order chi connectivity index (χ1) is 18.4. The summed E-state index contributed by atoms with van der Waals surface area (Å²) in [5, 5.41) is 60.5. The first kappa shape index (κ1) is 29.7. The molecule has 38 heavy (non-hydrogen) atoms. The average Bonchev–Trinajstić information content (AvgIpc) is 2.94. The Kier molecular flexibility index (Phi) is 11.2. The molecule has 0 aliphatic heterocycles. The van der Waals surface area contributed by atoms with Gasteiger partial charge in [0.15, 0.2) is 0 Å². The van der Waals surface area contributed by atoms with E-state index in [2.05, 4.69) is 38.1 Å². The van der Waals surface area contributed by atoms with Crippen LogP contribution in [0.15, 0.2) is 48.5 Å². The number of unbranched alkanes of at least 4 members (excludes halogenated alkanes) is 2. The Bertz CT molecular complexity index is 1030. The van der Waals surface area contributed by atoms with Crippen LogP contribution in [0.3, 0.4) is 0 Å². The van der Waals surface area contributed by atoms with E-state index in [1.54, 1.807) is 24.3 Å². The minimum Gasteiger partial charge on any atom is -0.508 e. The summed E-state index contributed by atoms with van der Waals surface area (Å²) in [4.78, 5) is 0. The number of hydrogen-bond acceptors (Lipinski definition) is 6. The molecule has 0 spiro atoms. The molecule has 0 radical (unpaired) electrons. The van der Waals surface area contributed by atoms with E-state index in [1.807, 2.05) is 0 Å². The Morgan fingerprint density at radius 3 is 1.05 bits per heavy atom. The van der Waals surface area contributed by atoms with Gasteiger partial charge in [0.05, 0.1) is 26.4 Å². The molecular weight excluding hydrogens is 480 g/mol. The van der Waals surface area contributed by atoms with Crippen LogP contribution in [-0.4, -0.2) is 30.6 Å². The number of hydrogen-bond donors (Lipinski definition) is 6. The van der Waals surface area contributed by atoms with Gasteiger partial charge in [-0.25, -0.2) is 0 Å². The predicted molar refractivity (Wildman–Crippen MR) is 149 cm³/mol. The number of aromatic hydroxyl groups is 2. The lowest BCUT2D eigenvalue weighted by atomic mass is 9.79. The molecule has 3 rings (SSSR count). The minimum absolute atomic E-state index is 0.0264. The molecule has 0 bridgehead atoms. The van der Waals surface area contributed by atoms with Crippen molar-refractivity contribution < 1.29 is 30.6 Å². The number of aliphatic hydroxyl groups is 4. The van der Waals surface area contributed by atoms with Crippen LogP contribution >= 0.6 is 0 Å². The van der Waals surface area contributed by atoms with Crippen molar-refractivity contribution in [1.82, 2.24) is 0 Å². The van der Waals surface area contributed by atoms with Gasteiger partial charge in [-0.1, -0.05) is 63.8 Å². The lowest BCUT2D eigenvalue weighted by molar-refractivity contribution is 0.270. The fourth-order valence-corrected chi connectivity index (χ4v) is 5.67. The van der Waals surface area contributed by atoms with Crippen LogP contribution in [0.1, 0.15) is 109 Å². The maximum absolute atomic E-state index is 10.1. The molecule has 2 unspecified atom stereocenters. The van der Waals surface area contributed by atoms with Crippen molar-refractivity contribution in [2.24, 2.45) is 0 Å². The van der Waals surface area contributed by atoms with Crippen LogP contribution in [-0.2, 0) is 26.4 Å². The van der Waals surface area contributed by atoms with Crippen molar-refractivity contribution in [3.05, 3.63) is 93.0 Å². The Morgan fingerprint density at radius 2 is 0.816 bits per heavy atom. The van der Waals surface area contributed by atoms with Gasteiger partial charge in [-0.15, -0.1) is 0 Å². The van der Waals surface area contributed by atoms with Crippen molar-refractivity contribution >= 4 is 0 Å². The Balaban J connectivity index is 2.11. The number of rotatable bonds is 14. The smallest absolute Gasteiger partial charge is 0.116 e. The summed E-state index contributed by atoms with van der Waals surface area (Å²) in [5.74, 6) is -0.0627. The number of aliphatic hydroxyl groups excluding tert-OH is 4. The summed E-state index contributed by atoms with van der Waals surface area (Å²) >= 11 is 0. The summed E-state index contributed by atoms with van der Waals surface area (Å²) in [6.07, 6.45) is 5.61. The first-order valence-electron chi connectivity index (χ1n) is 13.6. The second-order valence-corrected chi connectivity index (χ2v) is 10.0. The lowest BCUT2D eigenvalue weighted by Gasteiger charge is -2.26. The van der Waals surface area contributed by atoms with Gasteiger partial charge in [-0.2, -0.15) is 0 Å². The summed E-state index contributed by atoms with van der Waals surface area (Å²) in [7, 11) is 0. The highest BCUT2D eigenvalue weighted by molar-refractivity contribution is 5.50. The largest absolute Gasteiger partial charge is 0.508 e. The molecule has 3 aromatic rings. The zero-order valence-electron chi connectivity index (χ0n) is 22.5. The van der Waals surface area contributed by atoms with E-state index in [0.29, 0.717) is 22.3 Å². The topological polar surface area (TPSA) is 121 Å². The lowest BCUT2D eigenvalue weighted by Crippen LogP contribution is -2.11. The molecule has 0 heterocycles. The van der Waals surface area contributed by atoms with Crippen molar-refractivity contribution in [3.63, 3.8) is 0 Å². The summed E-state index contributed by atoms with van der Waals surface area (Å²) in [6, 6.07) is 14.6. The third-order valence-electron chi connectivity index (χ3n) is 7.48. The molecule has 0 saturated carbocycles. The van der Waals surface area contributed by atoms with Gasteiger partial charge < -0.3 is 30.6 Å².